The molecule has 4 aromatic heterocycles. The third-order valence-corrected chi connectivity index (χ3v) is 11.9. The lowest BCUT2D eigenvalue weighted by Gasteiger charge is -2.36. The second-order valence-electron chi connectivity index (χ2n) is 17.5. The zero-order chi connectivity index (χ0) is 48.9. The summed E-state index contributed by atoms with van der Waals surface area (Å²) in [5.74, 6) is 1.48. The van der Waals surface area contributed by atoms with Gasteiger partial charge in [-0.2, -0.15) is 0 Å². The highest BCUT2D eigenvalue weighted by atomic mass is 16.5. The molecule has 1 fully saturated rings. The van der Waals surface area contributed by atoms with Crippen LogP contribution in [0.3, 0.4) is 0 Å². The lowest BCUT2D eigenvalue weighted by atomic mass is 10.1. The number of aryl methyl sites for hydroxylation is 1. The van der Waals surface area contributed by atoms with Crippen molar-refractivity contribution in [2.45, 2.75) is 72.7 Å². The molecule has 0 spiro atoms. The molecule has 2 aliphatic rings. The summed E-state index contributed by atoms with van der Waals surface area (Å²) in [6.07, 6.45) is 5.95. The van der Waals surface area contributed by atoms with Crippen LogP contribution in [0, 0.1) is 0 Å². The molecule has 0 radical (unpaired) electrons. The molecule has 6 heterocycles. The quantitative estimate of drug-likeness (QED) is 0.0641. The Kier molecular flexibility index (Phi) is 17.1. The van der Waals surface area contributed by atoms with Gasteiger partial charge in [0.25, 0.3) is 17.4 Å². The third kappa shape index (κ3) is 13.1. The molecule has 2 aliphatic heterocycles. The van der Waals surface area contributed by atoms with E-state index >= 15 is 0 Å². The Balaban J connectivity index is 0.000000512. The summed E-state index contributed by atoms with van der Waals surface area (Å²) in [7, 11) is 1.90. The first-order valence-electron chi connectivity index (χ1n) is 23.7. The molecular weight excluding hydrogens is 877 g/mol. The number of amides is 2. The fourth-order valence-electron chi connectivity index (χ4n) is 8.43. The highest BCUT2D eigenvalue weighted by Gasteiger charge is 2.28. The highest BCUT2D eigenvalue weighted by Crippen LogP contribution is 2.26. The van der Waals surface area contributed by atoms with Crippen molar-refractivity contribution in [2.24, 2.45) is 0 Å². The van der Waals surface area contributed by atoms with Crippen LogP contribution >= 0.6 is 0 Å². The Labute approximate surface area is 403 Å². The number of hydrogen-bond donors (Lipinski definition) is 3. The van der Waals surface area contributed by atoms with Crippen molar-refractivity contribution < 1.29 is 28.6 Å². The van der Waals surface area contributed by atoms with Crippen LogP contribution in [-0.4, -0.2) is 125 Å². The molecular formula is C52H64N10O7. The first kappa shape index (κ1) is 49.8. The van der Waals surface area contributed by atoms with E-state index in [9.17, 15) is 19.2 Å². The maximum atomic E-state index is 13.4. The summed E-state index contributed by atoms with van der Waals surface area (Å²) in [6, 6.07) is 22.6. The monoisotopic (exact) mass is 940 g/mol. The van der Waals surface area contributed by atoms with Gasteiger partial charge in [-0.25, -0.2) is 9.97 Å². The minimum Gasteiger partial charge on any atom is -0.491 e. The Morgan fingerprint density at radius 3 is 2.38 bits per heavy atom. The molecule has 17 heteroatoms. The SMILES string of the molecule is CCc1cc2ncc(CN3CCN(c4ccc(C(=O)NCCOCCOc5cccc(C(=O)N6CCc7c(nc(C=O)n7C(C)C)C6)c5)nc4)CC3)cc2[nH]c1=O.CNc1ccc(OC(C)C)cc1. The predicted molar refractivity (Wildman–Crippen MR) is 267 cm³/mol. The number of fused-ring (bicyclic) bond motifs is 2. The first-order chi connectivity index (χ1) is 33.4. The van der Waals surface area contributed by atoms with Gasteiger partial charge in [0.2, 0.25) is 0 Å². The van der Waals surface area contributed by atoms with E-state index in [2.05, 4.69) is 40.4 Å². The van der Waals surface area contributed by atoms with Crippen LogP contribution in [-0.2, 0) is 30.7 Å². The van der Waals surface area contributed by atoms with E-state index in [1.165, 1.54) is 0 Å². The highest BCUT2D eigenvalue weighted by molar-refractivity contribution is 5.95. The van der Waals surface area contributed by atoms with Gasteiger partial charge in [0.15, 0.2) is 12.1 Å². The van der Waals surface area contributed by atoms with Crippen molar-refractivity contribution >= 4 is 40.5 Å². The molecule has 17 nitrogen and oxygen atoms in total. The van der Waals surface area contributed by atoms with E-state index in [0.29, 0.717) is 68.5 Å². The zero-order valence-electron chi connectivity index (χ0n) is 40.5. The van der Waals surface area contributed by atoms with E-state index in [0.717, 1.165) is 89.7 Å². The Morgan fingerprint density at radius 1 is 0.884 bits per heavy atom. The number of nitrogens with one attached hydrogen (secondary N) is 3. The molecule has 3 N–H and O–H groups in total. The van der Waals surface area contributed by atoms with Crippen molar-refractivity contribution in [3.63, 3.8) is 0 Å². The number of rotatable bonds is 18. The van der Waals surface area contributed by atoms with Crippen LogP contribution in [0.5, 0.6) is 11.5 Å². The number of carbonyl (C=O) groups excluding carboxylic acids is 3. The van der Waals surface area contributed by atoms with E-state index in [1.807, 2.05) is 94.9 Å². The maximum absolute atomic E-state index is 13.4. The minimum atomic E-state index is -0.272. The summed E-state index contributed by atoms with van der Waals surface area (Å²) in [5.41, 5.74) is 8.01. The van der Waals surface area contributed by atoms with Crippen molar-refractivity contribution in [3.05, 3.63) is 135 Å². The summed E-state index contributed by atoms with van der Waals surface area (Å²) in [5, 5.41) is 5.90. The third-order valence-electron chi connectivity index (χ3n) is 11.9. The second kappa shape index (κ2) is 23.8. The Morgan fingerprint density at radius 2 is 1.68 bits per heavy atom. The smallest absolute Gasteiger partial charge is 0.269 e. The number of imidazole rings is 1. The second-order valence-corrected chi connectivity index (χ2v) is 17.5. The number of hydrogen-bond acceptors (Lipinski definition) is 13. The molecule has 364 valence electrons. The maximum Gasteiger partial charge on any atom is 0.269 e. The molecule has 1 saturated heterocycles. The van der Waals surface area contributed by atoms with Crippen molar-refractivity contribution in [1.29, 1.82) is 0 Å². The van der Waals surface area contributed by atoms with E-state index in [4.69, 9.17) is 14.2 Å². The predicted octanol–water partition coefficient (Wildman–Crippen LogP) is 6.33. The normalized spacial score (nSPS) is 13.7. The van der Waals surface area contributed by atoms with Crippen molar-refractivity contribution in [1.82, 2.24) is 39.6 Å². The van der Waals surface area contributed by atoms with Crippen LogP contribution < -0.4 is 30.6 Å². The first-order valence-corrected chi connectivity index (χ1v) is 23.7. The molecule has 2 amide bonds. The van der Waals surface area contributed by atoms with Crippen LogP contribution in [0.25, 0.3) is 11.0 Å². The van der Waals surface area contributed by atoms with Gasteiger partial charge in [0, 0.05) is 94.0 Å². The summed E-state index contributed by atoms with van der Waals surface area (Å²) in [6.45, 7) is 16.3. The standard InChI is InChI=1S/C42H49N9O6.C10H15NO/c1-4-30-22-35-36(47-40(30)53)20-29(23-44-35)25-48-13-15-49(16-14-48)32-8-9-34(45-24-32)41(54)43-11-17-56-18-19-57-33-7-5-6-31(21-33)42(55)50-12-10-38-37(26-50)46-39(27-52)51(38)28(2)3;1-8(2)12-10-6-4-9(11-3)5-7-10/h5-9,20-24,27-28H,4,10-19,25-26H2,1-3H3,(H,43,54)(H,47,53);4-8,11H,1-3H3. The van der Waals surface area contributed by atoms with Gasteiger partial charge in [0.1, 0.15) is 23.8 Å². The fourth-order valence-corrected chi connectivity index (χ4v) is 8.43. The van der Waals surface area contributed by atoms with Crippen LogP contribution in [0.4, 0.5) is 11.4 Å². The molecule has 0 unspecified atom stereocenters. The lowest BCUT2D eigenvalue weighted by Crippen LogP contribution is -2.46. The van der Waals surface area contributed by atoms with Gasteiger partial charge in [0.05, 0.1) is 54.5 Å². The molecule has 2 aromatic carbocycles. The number of aromatic nitrogens is 5. The number of ether oxygens (including phenoxy) is 3. The van der Waals surface area contributed by atoms with E-state index in [-0.39, 0.29) is 36.1 Å². The van der Waals surface area contributed by atoms with Gasteiger partial charge in [-0.3, -0.25) is 29.1 Å². The van der Waals surface area contributed by atoms with Gasteiger partial charge < -0.3 is 44.2 Å². The van der Waals surface area contributed by atoms with Gasteiger partial charge in [-0.1, -0.05) is 13.0 Å². The van der Waals surface area contributed by atoms with Gasteiger partial charge in [-0.15, -0.1) is 0 Å². The van der Waals surface area contributed by atoms with E-state index in [1.54, 1.807) is 41.4 Å². The fraction of sp³-hybridized carbons (Fsp3) is 0.404. The largest absolute Gasteiger partial charge is 0.491 e. The molecule has 0 saturated carbocycles. The van der Waals surface area contributed by atoms with Crippen LogP contribution in [0.1, 0.15) is 94.6 Å². The molecule has 0 aliphatic carbocycles. The Hall–Kier alpha value is -7.11. The van der Waals surface area contributed by atoms with Gasteiger partial charge in [-0.05, 0) is 106 Å². The summed E-state index contributed by atoms with van der Waals surface area (Å²) in [4.78, 5) is 72.7. The number of benzene rings is 2. The topological polar surface area (TPSA) is 189 Å². The molecule has 0 bridgehead atoms. The average molecular weight is 941 g/mol. The molecule has 69 heavy (non-hydrogen) atoms. The molecule has 6 aromatic rings. The number of aromatic amines is 1. The number of aldehydes is 1. The number of anilines is 2. The van der Waals surface area contributed by atoms with Crippen molar-refractivity contribution in [3.8, 4) is 11.5 Å². The minimum absolute atomic E-state index is 0.0562. The van der Waals surface area contributed by atoms with Crippen molar-refractivity contribution in [2.75, 3.05) is 76.4 Å². The molecule has 0 atom stereocenters. The average Bonchev–Trinajstić information content (AvgIpc) is 3.75. The molecule has 8 rings (SSSR count). The van der Waals surface area contributed by atoms with E-state index < -0.39 is 0 Å². The Bertz CT molecular complexity index is 2730. The zero-order valence-corrected chi connectivity index (χ0v) is 40.5. The number of nitrogens with zero attached hydrogens (tertiary/aromatic N) is 7. The van der Waals surface area contributed by atoms with Crippen LogP contribution in [0.2, 0.25) is 0 Å². The summed E-state index contributed by atoms with van der Waals surface area (Å²) >= 11 is 0. The number of piperazine rings is 1. The van der Waals surface area contributed by atoms with Crippen LogP contribution in [0.15, 0.2) is 90.0 Å². The number of pyridine rings is 3. The number of carbonyl (C=O) groups is 3. The number of H-pyrrole nitrogens is 1. The van der Waals surface area contributed by atoms with Gasteiger partial charge >= 0.3 is 0 Å². The summed E-state index contributed by atoms with van der Waals surface area (Å²) < 4.78 is 19.0. The lowest BCUT2D eigenvalue weighted by molar-refractivity contribution is 0.0729.